The molecule has 0 amide bonds. The summed E-state index contributed by atoms with van der Waals surface area (Å²) in [5.74, 6) is -0.737. The van der Waals surface area contributed by atoms with E-state index in [2.05, 4.69) is 114 Å². The van der Waals surface area contributed by atoms with Crippen molar-refractivity contribution < 1.29 is 15.0 Å². The van der Waals surface area contributed by atoms with E-state index in [1.165, 1.54) is 0 Å². The van der Waals surface area contributed by atoms with Crippen LogP contribution in [-0.4, -0.2) is 16.2 Å². The van der Waals surface area contributed by atoms with Gasteiger partial charge in [-0.15, -0.1) is 0 Å². The molecular weight excluding hydrogens is 432 g/mol. The van der Waals surface area contributed by atoms with Crippen LogP contribution in [0.25, 0.3) is 5.57 Å². The van der Waals surface area contributed by atoms with Crippen molar-refractivity contribution in [1.82, 2.24) is 0 Å². The summed E-state index contributed by atoms with van der Waals surface area (Å²) in [5, 5.41) is 21.4. The van der Waals surface area contributed by atoms with Crippen molar-refractivity contribution in [3.8, 4) is 5.75 Å². The van der Waals surface area contributed by atoms with Crippen LogP contribution in [0.3, 0.4) is 0 Å². The molecule has 0 aliphatic rings. The molecular formula is C32H46O3. The van der Waals surface area contributed by atoms with Crippen molar-refractivity contribution >= 4 is 11.5 Å². The third-order valence-corrected chi connectivity index (χ3v) is 6.70. The van der Waals surface area contributed by atoms with Crippen LogP contribution in [-0.2, 0) is 32.9 Å². The molecule has 0 spiro atoms. The first-order valence-electron chi connectivity index (χ1n) is 12.5. The number of carboxylic acids is 1. The summed E-state index contributed by atoms with van der Waals surface area (Å²) in [7, 11) is 0. The van der Waals surface area contributed by atoms with Crippen molar-refractivity contribution in [2.75, 3.05) is 0 Å². The molecule has 0 saturated heterocycles. The van der Waals surface area contributed by atoms with Crippen molar-refractivity contribution in [1.29, 1.82) is 0 Å². The fourth-order valence-electron chi connectivity index (χ4n) is 4.37. The lowest BCUT2D eigenvalue weighted by Gasteiger charge is -2.31. The van der Waals surface area contributed by atoms with Gasteiger partial charge in [-0.1, -0.05) is 114 Å². The van der Waals surface area contributed by atoms with Crippen molar-refractivity contribution in [3.63, 3.8) is 0 Å². The maximum absolute atomic E-state index is 12.2. The van der Waals surface area contributed by atoms with E-state index in [9.17, 15) is 15.0 Å². The Morgan fingerprint density at radius 3 is 1.46 bits per heavy atom. The number of aliphatic carboxylic acids is 1. The van der Waals surface area contributed by atoms with E-state index in [4.69, 9.17) is 0 Å². The standard InChI is InChI=1S/C32H46O3/c1-19(28(34)35)26-20(15-22(29(2,3)4)17-24(26)31(8,9)10)14-21-16-23(30(5,6)7)18-25(27(21)33)32(11,12)13/h15-18,33H,1,14H2,2-13H3,(H,34,35). The van der Waals surface area contributed by atoms with Gasteiger partial charge in [-0.25, -0.2) is 4.79 Å². The van der Waals surface area contributed by atoms with Gasteiger partial charge in [-0.05, 0) is 60.6 Å². The number of phenols is 1. The summed E-state index contributed by atoms with van der Waals surface area (Å²) < 4.78 is 0. The van der Waals surface area contributed by atoms with Crippen LogP contribution in [0.2, 0.25) is 0 Å². The zero-order chi connectivity index (χ0) is 27.3. The number of phenolic OH excluding ortho intramolecular Hbond substituents is 1. The van der Waals surface area contributed by atoms with E-state index in [1.807, 2.05) is 0 Å². The normalized spacial score (nSPS) is 13.1. The predicted molar refractivity (Wildman–Crippen MR) is 149 cm³/mol. The van der Waals surface area contributed by atoms with Gasteiger partial charge in [0.15, 0.2) is 0 Å². The van der Waals surface area contributed by atoms with Crippen LogP contribution >= 0.6 is 0 Å². The molecule has 2 rings (SSSR count). The molecule has 3 nitrogen and oxygen atoms in total. The van der Waals surface area contributed by atoms with Crippen LogP contribution in [0.1, 0.15) is 122 Å². The van der Waals surface area contributed by atoms with E-state index >= 15 is 0 Å². The first kappa shape index (κ1) is 28.7. The van der Waals surface area contributed by atoms with Crippen LogP contribution in [0, 0.1) is 0 Å². The van der Waals surface area contributed by atoms with Gasteiger partial charge in [-0.2, -0.15) is 0 Å². The highest BCUT2D eigenvalue weighted by molar-refractivity contribution is 6.15. The Hall–Kier alpha value is -2.55. The summed E-state index contributed by atoms with van der Waals surface area (Å²) >= 11 is 0. The lowest BCUT2D eigenvalue weighted by Crippen LogP contribution is -2.21. The number of aromatic hydroxyl groups is 1. The van der Waals surface area contributed by atoms with Gasteiger partial charge in [0.2, 0.25) is 0 Å². The highest BCUT2D eigenvalue weighted by Gasteiger charge is 2.30. The third-order valence-electron chi connectivity index (χ3n) is 6.70. The minimum atomic E-state index is -1.02. The van der Waals surface area contributed by atoms with E-state index in [0.29, 0.717) is 12.0 Å². The minimum absolute atomic E-state index is 0.0906. The Balaban J connectivity index is 2.98. The van der Waals surface area contributed by atoms with Gasteiger partial charge >= 0.3 is 5.97 Å². The fourth-order valence-corrected chi connectivity index (χ4v) is 4.37. The number of carboxylic acid groups (broad SMARTS) is 1. The molecule has 3 heteroatoms. The molecule has 0 aliphatic carbocycles. The smallest absolute Gasteiger partial charge is 0.335 e. The van der Waals surface area contributed by atoms with Crippen molar-refractivity contribution in [2.24, 2.45) is 0 Å². The second-order valence-corrected chi connectivity index (χ2v) is 14.0. The second kappa shape index (κ2) is 9.15. The largest absolute Gasteiger partial charge is 0.507 e. The Bertz CT molecular complexity index is 1140. The zero-order valence-corrected chi connectivity index (χ0v) is 24.0. The van der Waals surface area contributed by atoms with Crippen LogP contribution in [0.4, 0.5) is 0 Å². The molecule has 0 unspecified atom stereocenters. The number of rotatable bonds is 4. The average molecular weight is 479 g/mol. The highest BCUT2D eigenvalue weighted by atomic mass is 16.4. The lowest BCUT2D eigenvalue weighted by molar-refractivity contribution is -0.130. The fraction of sp³-hybridized carbons (Fsp3) is 0.531. The van der Waals surface area contributed by atoms with Crippen LogP contribution in [0.15, 0.2) is 30.8 Å². The number of hydrogen-bond donors (Lipinski definition) is 2. The summed E-state index contributed by atoms with van der Waals surface area (Å²) in [6, 6.07) is 8.44. The van der Waals surface area contributed by atoms with Gasteiger partial charge < -0.3 is 10.2 Å². The molecule has 0 heterocycles. The molecule has 2 aromatic carbocycles. The molecule has 2 aromatic rings. The monoisotopic (exact) mass is 478 g/mol. The van der Waals surface area contributed by atoms with E-state index in [0.717, 1.165) is 33.4 Å². The third kappa shape index (κ3) is 6.37. The number of hydrogen-bond acceptors (Lipinski definition) is 2. The number of benzene rings is 2. The Labute approximate surface area is 213 Å². The topological polar surface area (TPSA) is 57.5 Å². The van der Waals surface area contributed by atoms with Gasteiger partial charge in [-0.3, -0.25) is 0 Å². The average Bonchev–Trinajstić information content (AvgIpc) is 2.65. The molecule has 0 aromatic heterocycles. The molecule has 0 aliphatic heterocycles. The predicted octanol–water partition coefficient (Wildman–Crippen LogP) is 8.27. The number of carbonyl (C=O) groups is 1. The molecule has 0 fully saturated rings. The van der Waals surface area contributed by atoms with Gasteiger partial charge in [0.05, 0.1) is 5.57 Å². The summed E-state index contributed by atoms with van der Waals surface area (Å²) in [6.45, 7) is 29.6. The van der Waals surface area contributed by atoms with Crippen LogP contribution < -0.4 is 0 Å². The summed E-state index contributed by atoms with van der Waals surface area (Å²) in [5.41, 5.74) is 5.89. The first-order valence-corrected chi connectivity index (χ1v) is 12.5. The minimum Gasteiger partial charge on any atom is -0.507 e. The van der Waals surface area contributed by atoms with Crippen LogP contribution in [0.5, 0.6) is 5.75 Å². The van der Waals surface area contributed by atoms with E-state index in [-0.39, 0.29) is 33.0 Å². The molecule has 0 bridgehead atoms. The quantitative estimate of drug-likeness (QED) is 0.435. The lowest BCUT2D eigenvalue weighted by atomic mass is 9.74. The summed E-state index contributed by atoms with van der Waals surface area (Å²) in [4.78, 5) is 12.2. The Morgan fingerprint density at radius 1 is 0.686 bits per heavy atom. The molecule has 0 saturated carbocycles. The molecule has 35 heavy (non-hydrogen) atoms. The maximum atomic E-state index is 12.2. The maximum Gasteiger partial charge on any atom is 0.335 e. The summed E-state index contributed by atoms with van der Waals surface area (Å²) in [6.07, 6.45) is 0.424. The molecule has 0 radical (unpaired) electrons. The SMILES string of the molecule is C=C(C(=O)O)c1c(Cc2cc(C(C)(C)C)cc(C(C)(C)C)c2O)cc(C(C)(C)C)cc1C(C)(C)C. The first-order chi connectivity index (χ1) is 15.5. The van der Waals surface area contributed by atoms with E-state index in [1.54, 1.807) is 0 Å². The molecule has 192 valence electrons. The van der Waals surface area contributed by atoms with Gasteiger partial charge in [0.1, 0.15) is 5.75 Å². The van der Waals surface area contributed by atoms with E-state index < -0.39 is 5.97 Å². The molecule has 2 N–H and O–H groups in total. The highest BCUT2D eigenvalue weighted by Crippen LogP contribution is 2.41. The van der Waals surface area contributed by atoms with Crippen molar-refractivity contribution in [2.45, 2.75) is 111 Å². The van der Waals surface area contributed by atoms with Crippen molar-refractivity contribution in [3.05, 3.63) is 69.8 Å². The Kier molecular flexibility index (Phi) is 7.50. The Morgan fingerprint density at radius 2 is 1.09 bits per heavy atom. The van der Waals surface area contributed by atoms with Gasteiger partial charge in [0, 0.05) is 6.42 Å². The zero-order valence-electron chi connectivity index (χ0n) is 24.0. The molecule has 0 atom stereocenters. The second-order valence-electron chi connectivity index (χ2n) is 14.0. The van der Waals surface area contributed by atoms with Gasteiger partial charge in [0.25, 0.3) is 0 Å².